The van der Waals surface area contributed by atoms with Crippen molar-refractivity contribution in [2.24, 2.45) is 4.99 Å². The molecule has 1 atom stereocenters. The smallest absolute Gasteiger partial charge is 0.191 e. The first kappa shape index (κ1) is 17.8. The van der Waals surface area contributed by atoms with Gasteiger partial charge in [0.15, 0.2) is 5.96 Å². The molecule has 2 heterocycles. The van der Waals surface area contributed by atoms with Gasteiger partial charge < -0.3 is 20.2 Å². The number of furan rings is 1. The Morgan fingerprint density at radius 3 is 2.84 bits per heavy atom. The van der Waals surface area contributed by atoms with Gasteiger partial charge in [-0.2, -0.15) is 0 Å². The molecule has 2 aromatic heterocycles. The van der Waals surface area contributed by atoms with Crippen molar-refractivity contribution in [2.75, 3.05) is 13.1 Å². The van der Waals surface area contributed by atoms with Crippen molar-refractivity contribution in [3.63, 3.8) is 0 Å². The van der Waals surface area contributed by atoms with Crippen molar-refractivity contribution in [2.45, 2.75) is 19.6 Å². The highest BCUT2D eigenvalue weighted by Gasteiger charge is 2.11. The lowest BCUT2D eigenvalue weighted by Gasteiger charge is -2.14. The molecule has 0 saturated heterocycles. The number of thiophene rings is 1. The van der Waals surface area contributed by atoms with E-state index in [4.69, 9.17) is 16.0 Å². The van der Waals surface area contributed by atoms with E-state index in [0.29, 0.717) is 23.4 Å². The molecule has 0 bridgehead atoms. The van der Waals surface area contributed by atoms with Crippen molar-refractivity contribution in [3.05, 3.63) is 57.4 Å². The summed E-state index contributed by atoms with van der Waals surface area (Å²) in [7, 11) is 0. The predicted molar refractivity (Wildman–Crippen MR) is 103 cm³/mol. The first-order chi connectivity index (χ1) is 12.2. The summed E-state index contributed by atoms with van der Waals surface area (Å²) in [6, 6.07) is 13.5. The highest BCUT2D eigenvalue weighted by Crippen LogP contribution is 2.26. The largest absolute Gasteiger partial charge is 0.459 e. The number of fused-ring (bicyclic) bond motifs is 1. The van der Waals surface area contributed by atoms with E-state index in [1.54, 1.807) is 6.07 Å². The first-order valence-electron chi connectivity index (χ1n) is 8.08. The van der Waals surface area contributed by atoms with Gasteiger partial charge in [0.25, 0.3) is 0 Å². The van der Waals surface area contributed by atoms with Gasteiger partial charge in [-0.1, -0.05) is 29.8 Å². The fourth-order valence-electron chi connectivity index (χ4n) is 2.41. The quantitative estimate of drug-likeness (QED) is 0.449. The lowest BCUT2D eigenvalue weighted by molar-refractivity contribution is 0.184. The van der Waals surface area contributed by atoms with Gasteiger partial charge in [0.1, 0.15) is 24.0 Å². The normalized spacial score (nSPS) is 13.2. The summed E-state index contributed by atoms with van der Waals surface area (Å²) in [4.78, 5) is 5.34. The molecule has 0 spiro atoms. The average Bonchev–Trinajstić information content (AvgIpc) is 3.22. The van der Waals surface area contributed by atoms with Crippen molar-refractivity contribution in [3.8, 4) is 0 Å². The Balaban J connectivity index is 1.62. The Morgan fingerprint density at radius 1 is 1.28 bits per heavy atom. The number of para-hydroxylation sites is 1. The van der Waals surface area contributed by atoms with Crippen LogP contribution in [-0.2, 0) is 6.54 Å². The molecule has 3 rings (SSSR count). The number of benzene rings is 1. The molecule has 3 N–H and O–H groups in total. The molecule has 3 aromatic rings. The van der Waals surface area contributed by atoms with Gasteiger partial charge in [-0.05, 0) is 31.2 Å². The van der Waals surface area contributed by atoms with E-state index in [-0.39, 0.29) is 0 Å². The molecule has 25 heavy (non-hydrogen) atoms. The van der Waals surface area contributed by atoms with E-state index in [0.717, 1.165) is 28.2 Å². The van der Waals surface area contributed by atoms with Gasteiger partial charge in [0.05, 0.1) is 4.34 Å². The third-order valence-corrected chi connectivity index (χ3v) is 4.93. The second kappa shape index (κ2) is 8.38. The van der Waals surface area contributed by atoms with Crippen LogP contribution in [0, 0.1) is 0 Å². The topological polar surface area (TPSA) is 69.8 Å². The molecule has 5 nitrogen and oxygen atoms in total. The fourth-order valence-corrected chi connectivity index (χ4v) is 3.46. The second-order valence-corrected chi connectivity index (χ2v) is 7.23. The van der Waals surface area contributed by atoms with Crippen molar-refractivity contribution < 1.29 is 9.52 Å². The van der Waals surface area contributed by atoms with E-state index in [1.165, 1.54) is 11.3 Å². The minimum absolute atomic E-state index is 0.350. The van der Waals surface area contributed by atoms with Gasteiger partial charge in [0, 0.05) is 23.4 Å². The van der Waals surface area contributed by atoms with E-state index in [1.807, 2.05) is 43.3 Å². The second-order valence-electron chi connectivity index (χ2n) is 5.48. The standard InChI is InChI=1S/C18H20ClN3O2S/c1-2-20-18(22-11-14(23)16-7-8-17(19)25-16)21-10-13-9-12-5-3-4-6-15(12)24-13/h3-9,14,23H,2,10-11H2,1H3,(H2,20,21,22). The molecule has 0 fully saturated rings. The zero-order chi connectivity index (χ0) is 17.6. The van der Waals surface area contributed by atoms with Crippen LogP contribution in [0.15, 0.2) is 51.9 Å². The number of rotatable bonds is 6. The van der Waals surface area contributed by atoms with Crippen LogP contribution in [0.2, 0.25) is 4.34 Å². The van der Waals surface area contributed by atoms with Crippen LogP contribution >= 0.6 is 22.9 Å². The summed E-state index contributed by atoms with van der Waals surface area (Å²) in [5.74, 6) is 1.42. The third-order valence-electron chi connectivity index (χ3n) is 3.60. The Kier molecular flexibility index (Phi) is 5.96. The van der Waals surface area contributed by atoms with Crippen molar-refractivity contribution in [1.82, 2.24) is 10.6 Å². The SMILES string of the molecule is CCNC(=NCc1cc2ccccc2o1)NCC(O)c1ccc(Cl)s1. The summed E-state index contributed by atoms with van der Waals surface area (Å²) in [5.41, 5.74) is 0.857. The number of aliphatic hydroxyl groups is 1. The maximum absolute atomic E-state index is 10.2. The van der Waals surface area contributed by atoms with E-state index >= 15 is 0 Å². The molecule has 1 aromatic carbocycles. The van der Waals surface area contributed by atoms with Crippen LogP contribution in [-0.4, -0.2) is 24.2 Å². The predicted octanol–water partition coefficient (Wildman–Crippen LogP) is 3.94. The summed E-state index contributed by atoms with van der Waals surface area (Å²) in [6.07, 6.45) is -0.632. The maximum Gasteiger partial charge on any atom is 0.191 e. The minimum Gasteiger partial charge on any atom is -0.459 e. The van der Waals surface area contributed by atoms with Gasteiger partial charge >= 0.3 is 0 Å². The minimum atomic E-state index is -0.632. The molecular formula is C18H20ClN3O2S. The monoisotopic (exact) mass is 377 g/mol. The molecule has 132 valence electrons. The zero-order valence-corrected chi connectivity index (χ0v) is 15.4. The summed E-state index contributed by atoms with van der Waals surface area (Å²) >= 11 is 7.28. The number of nitrogens with zero attached hydrogens (tertiary/aromatic N) is 1. The molecular weight excluding hydrogens is 358 g/mol. The zero-order valence-electron chi connectivity index (χ0n) is 13.8. The highest BCUT2D eigenvalue weighted by molar-refractivity contribution is 7.16. The number of guanidine groups is 1. The van der Waals surface area contributed by atoms with Gasteiger partial charge in [-0.15, -0.1) is 11.3 Å². The van der Waals surface area contributed by atoms with E-state index < -0.39 is 6.10 Å². The molecule has 1 unspecified atom stereocenters. The van der Waals surface area contributed by atoms with Crippen LogP contribution in [0.1, 0.15) is 23.7 Å². The van der Waals surface area contributed by atoms with Crippen LogP contribution in [0.4, 0.5) is 0 Å². The average molecular weight is 378 g/mol. The lowest BCUT2D eigenvalue weighted by atomic mass is 10.2. The summed E-state index contributed by atoms with van der Waals surface area (Å²) < 4.78 is 6.44. The Labute approximate surface area is 155 Å². The number of nitrogens with one attached hydrogen (secondary N) is 2. The van der Waals surface area contributed by atoms with Crippen molar-refractivity contribution in [1.29, 1.82) is 0 Å². The van der Waals surface area contributed by atoms with Crippen molar-refractivity contribution >= 4 is 39.9 Å². The lowest BCUT2D eigenvalue weighted by Crippen LogP contribution is -2.39. The molecule has 7 heteroatoms. The maximum atomic E-state index is 10.2. The Hall–Kier alpha value is -2.02. The molecule has 0 aliphatic heterocycles. The fraction of sp³-hybridized carbons (Fsp3) is 0.278. The van der Waals surface area contributed by atoms with Crippen LogP contribution in [0.5, 0.6) is 0 Å². The summed E-state index contributed by atoms with van der Waals surface area (Å²) in [5, 5.41) is 17.6. The van der Waals surface area contributed by atoms with E-state index in [2.05, 4.69) is 15.6 Å². The molecule has 0 saturated carbocycles. The Morgan fingerprint density at radius 2 is 2.12 bits per heavy atom. The molecule has 0 aliphatic rings. The summed E-state index contributed by atoms with van der Waals surface area (Å²) in [6.45, 7) is 3.49. The Bertz CT molecular complexity index is 826. The van der Waals surface area contributed by atoms with E-state index in [9.17, 15) is 5.11 Å². The number of hydrogen-bond donors (Lipinski definition) is 3. The number of aliphatic imine (C=N–C) groups is 1. The number of halogens is 1. The third kappa shape index (κ3) is 4.75. The van der Waals surface area contributed by atoms with Gasteiger partial charge in [-0.25, -0.2) is 4.99 Å². The molecule has 0 radical (unpaired) electrons. The molecule has 0 amide bonds. The van der Waals surface area contributed by atoms with Gasteiger partial charge in [0.2, 0.25) is 0 Å². The highest BCUT2D eigenvalue weighted by atomic mass is 35.5. The first-order valence-corrected chi connectivity index (χ1v) is 9.28. The van der Waals surface area contributed by atoms with Gasteiger partial charge in [-0.3, -0.25) is 0 Å². The number of hydrogen-bond acceptors (Lipinski definition) is 4. The van der Waals surface area contributed by atoms with Crippen LogP contribution in [0.3, 0.4) is 0 Å². The number of aliphatic hydroxyl groups excluding tert-OH is 1. The van der Waals surface area contributed by atoms with Crippen LogP contribution in [0.25, 0.3) is 11.0 Å². The van der Waals surface area contributed by atoms with Crippen LogP contribution < -0.4 is 10.6 Å². The molecule has 0 aliphatic carbocycles.